The van der Waals surface area contributed by atoms with Gasteiger partial charge in [0.15, 0.2) is 5.96 Å². The minimum absolute atomic E-state index is 0. The van der Waals surface area contributed by atoms with E-state index in [4.69, 9.17) is 4.74 Å². The first-order chi connectivity index (χ1) is 13.8. The van der Waals surface area contributed by atoms with Gasteiger partial charge >= 0.3 is 0 Å². The number of halogens is 1. The number of hydrogen-bond donors (Lipinski definition) is 2. The number of ether oxygens (including phenoxy) is 1. The molecule has 7 nitrogen and oxygen atoms in total. The molecule has 29 heavy (non-hydrogen) atoms. The fourth-order valence-electron chi connectivity index (χ4n) is 4.98. The van der Waals surface area contributed by atoms with Crippen molar-refractivity contribution in [2.75, 3.05) is 85.7 Å². The van der Waals surface area contributed by atoms with Gasteiger partial charge in [0.2, 0.25) is 0 Å². The highest BCUT2D eigenvalue weighted by atomic mass is 127. The summed E-state index contributed by atoms with van der Waals surface area (Å²) in [6.45, 7) is 15.1. The minimum atomic E-state index is 0. The van der Waals surface area contributed by atoms with Crippen molar-refractivity contribution in [3.05, 3.63) is 0 Å². The molecule has 3 aliphatic rings. The van der Waals surface area contributed by atoms with Crippen LogP contribution in [0.2, 0.25) is 0 Å². The Hall–Kier alpha value is -0.160. The zero-order chi connectivity index (χ0) is 19.7. The number of hydrogen-bond acceptors (Lipinski definition) is 5. The number of rotatable bonds is 7. The zero-order valence-electron chi connectivity index (χ0n) is 18.6. The second-order valence-corrected chi connectivity index (χ2v) is 8.51. The summed E-state index contributed by atoms with van der Waals surface area (Å²) in [5.41, 5.74) is 0.274. The summed E-state index contributed by atoms with van der Waals surface area (Å²) in [5, 5.41) is 7.20. The molecule has 3 fully saturated rings. The van der Waals surface area contributed by atoms with Gasteiger partial charge in [0.25, 0.3) is 0 Å². The molecule has 3 rings (SSSR count). The zero-order valence-corrected chi connectivity index (χ0v) is 21.0. The summed E-state index contributed by atoms with van der Waals surface area (Å²) in [6, 6.07) is 0. The van der Waals surface area contributed by atoms with Gasteiger partial charge in [-0.05, 0) is 19.4 Å². The van der Waals surface area contributed by atoms with E-state index >= 15 is 0 Å². The maximum absolute atomic E-state index is 5.60. The highest BCUT2D eigenvalue weighted by Crippen LogP contribution is 2.33. The summed E-state index contributed by atoms with van der Waals surface area (Å²) in [6.07, 6.45) is 6.64. The second kappa shape index (κ2) is 13.3. The lowest BCUT2D eigenvalue weighted by molar-refractivity contribution is -0.0352. The maximum Gasteiger partial charge on any atom is 0.191 e. The average molecular weight is 523 g/mol. The van der Waals surface area contributed by atoms with E-state index in [9.17, 15) is 0 Å². The number of nitrogens with one attached hydrogen (secondary N) is 2. The molecule has 2 saturated heterocycles. The molecule has 0 spiro atoms. The first kappa shape index (κ1) is 25.1. The van der Waals surface area contributed by atoms with E-state index in [1.54, 1.807) is 0 Å². The standard InChI is InChI=1S/C21H42N6O.HI/c1-3-25-11-13-26(14-12-25)10-9-23-20(22-2)24-19-21(7-5-4-6-8-21)27-15-17-28-18-16-27;/h3-19H2,1-2H3,(H2,22,23,24);1H. The molecule has 0 aromatic carbocycles. The molecule has 0 aromatic heterocycles. The SMILES string of the molecule is CCN1CCN(CCNC(=NC)NCC2(N3CCOCC3)CCCCC2)CC1.I. The molecule has 0 amide bonds. The van der Waals surface area contributed by atoms with Gasteiger partial charge in [0.05, 0.1) is 13.2 Å². The van der Waals surface area contributed by atoms with Crippen molar-refractivity contribution in [2.45, 2.75) is 44.6 Å². The summed E-state index contributed by atoms with van der Waals surface area (Å²) in [7, 11) is 1.89. The largest absolute Gasteiger partial charge is 0.379 e. The van der Waals surface area contributed by atoms with E-state index < -0.39 is 0 Å². The van der Waals surface area contributed by atoms with Crippen LogP contribution in [0.4, 0.5) is 0 Å². The second-order valence-electron chi connectivity index (χ2n) is 8.51. The predicted molar refractivity (Wildman–Crippen MR) is 132 cm³/mol. The van der Waals surface area contributed by atoms with Crippen LogP contribution < -0.4 is 10.6 Å². The lowest BCUT2D eigenvalue weighted by Gasteiger charge is -2.48. The molecule has 8 heteroatoms. The Morgan fingerprint density at radius 1 is 0.931 bits per heavy atom. The summed E-state index contributed by atoms with van der Waals surface area (Å²) < 4.78 is 5.60. The molecule has 0 atom stereocenters. The normalized spacial score (nSPS) is 24.7. The molecule has 0 bridgehead atoms. The average Bonchev–Trinajstić information content (AvgIpc) is 2.78. The first-order valence-electron chi connectivity index (χ1n) is 11.5. The molecular weight excluding hydrogens is 479 g/mol. The van der Waals surface area contributed by atoms with Crippen molar-refractivity contribution in [1.29, 1.82) is 0 Å². The number of aliphatic imine (C=N–C) groups is 1. The topological polar surface area (TPSA) is 55.4 Å². The van der Waals surface area contributed by atoms with Gasteiger partial charge in [-0.25, -0.2) is 0 Å². The van der Waals surface area contributed by atoms with Crippen LogP contribution >= 0.6 is 24.0 Å². The van der Waals surface area contributed by atoms with Crippen LogP contribution in [0.15, 0.2) is 4.99 Å². The number of piperazine rings is 1. The molecule has 2 N–H and O–H groups in total. The van der Waals surface area contributed by atoms with Crippen LogP contribution in [0, 0.1) is 0 Å². The summed E-state index contributed by atoms with van der Waals surface area (Å²) in [4.78, 5) is 12.3. The number of guanidine groups is 1. The fourth-order valence-corrected chi connectivity index (χ4v) is 4.98. The van der Waals surface area contributed by atoms with Crippen LogP contribution in [-0.4, -0.2) is 112 Å². The van der Waals surface area contributed by atoms with Crippen LogP contribution in [0.3, 0.4) is 0 Å². The van der Waals surface area contributed by atoms with Gasteiger partial charge in [-0.15, -0.1) is 24.0 Å². The van der Waals surface area contributed by atoms with Crippen LogP contribution in [0.5, 0.6) is 0 Å². The molecular formula is C21H43IN6O. The Kier molecular flexibility index (Phi) is 11.5. The number of nitrogens with zero attached hydrogens (tertiary/aromatic N) is 4. The maximum atomic E-state index is 5.60. The predicted octanol–water partition coefficient (Wildman–Crippen LogP) is 1.44. The van der Waals surface area contributed by atoms with Crippen LogP contribution in [0.1, 0.15) is 39.0 Å². The van der Waals surface area contributed by atoms with Gasteiger partial charge < -0.3 is 20.3 Å². The van der Waals surface area contributed by atoms with Crippen molar-refractivity contribution in [3.63, 3.8) is 0 Å². The Balaban J connectivity index is 0.00000300. The van der Waals surface area contributed by atoms with Crippen molar-refractivity contribution in [2.24, 2.45) is 4.99 Å². The van der Waals surface area contributed by atoms with Gasteiger partial charge in [-0.1, -0.05) is 26.2 Å². The third-order valence-corrected chi connectivity index (χ3v) is 6.91. The lowest BCUT2D eigenvalue weighted by atomic mass is 9.80. The van der Waals surface area contributed by atoms with E-state index in [1.165, 1.54) is 64.8 Å². The van der Waals surface area contributed by atoms with Crippen LogP contribution in [-0.2, 0) is 4.74 Å². The number of likely N-dealkylation sites (N-methyl/N-ethyl adjacent to an activating group) is 1. The van der Waals surface area contributed by atoms with E-state index in [0.717, 1.165) is 51.9 Å². The molecule has 2 aliphatic heterocycles. The Labute approximate surface area is 195 Å². The van der Waals surface area contributed by atoms with E-state index in [2.05, 4.69) is 37.2 Å². The van der Waals surface area contributed by atoms with Crippen molar-refractivity contribution >= 4 is 29.9 Å². The third kappa shape index (κ3) is 7.48. The molecule has 2 heterocycles. The first-order valence-corrected chi connectivity index (χ1v) is 11.5. The van der Waals surface area contributed by atoms with E-state index in [1.807, 2.05) is 7.05 Å². The highest BCUT2D eigenvalue weighted by molar-refractivity contribution is 14.0. The number of morpholine rings is 1. The Bertz CT molecular complexity index is 472. The fraction of sp³-hybridized carbons (Fsp3) is 0.952. The van der Waals surface area contributed by atoms with Gasteiger partial charge in [0, 0.05) is 71.5 Å². The quantitative estimate of drug-likeness (QED) is 0.300. The van der Waals surface area contributed by atoms with Gasteiger partial charge in [-0.2, -0.15) is 0 Å². The van der Waals surface area contributed by atoms with Gasteiger partial charge in [-0.3, -0.25) is 14.8 Å². The molecule has 0 aromatic rings. The van der Waals surface area contributed by atoms with Crippen molar-refractivity contribution in [3.8, 4) is 0 Å². The minimum Gasteiger partial charge on any atom is -0.379 e. The monoisotopic (exact) mass is 522 g/mol. The highest BCUT2D eigenvalue weighted by Gasteiger charge is 2.38. The lowest BCUT2D eigenvalue weighted by Crippen LogP contribution is -2.60. The Morgan fingerprint density at radius 3 is 2.21 bits per heavy atom. The molecule has 1 saturated carbocycles. The smallest absolute Gasteiger partial charge is 0.191 e. The molecule has 0 radical (unpaired) electrons. The van der Waals surface area contributed by atoms with Crippen molar-refractivity contribution in [1.82, 2.24) is 25.3 Å². The van der Waals surface area contributed by atoms with Crippen molar-refractivity contribution < 1.29 is 4.74 Å². The van der Waals surface area contributed by atoms with Crippen LogP contribution in [0.25, 0.3) is 0 Å². The molecule has 1 aliphatic carbocycles. The summed E-state index contributed by atoms with van der Waals surface area (Å²) in [5.74, 6) is 0.949. The third-order valence-electron chi connectivity index (χ3n) is 6.91. The van der Waals surface area contributed by atoms with Gasteiger partial charge in [0.1, 0.15) is 0 Å². The Morgan fingerprint density at radius 2 is 1.59 bits per heavy atom. The summed E-state index contributed by atoms with van der Waals surface area (Å²) >= 11 is 0. The molecule has 0 unspecified atom stereocenters. The van der Waals surface area contributed by atoms with E-state index in [-0.39, 0.29) is 29.5 Å². The van der Waals surface area contributed by atoms with E-state index in [0.29, 0.717) is 0 Å². The molecule has 170 valence electrons.